The molecule has 6 heteroatoms. The van der Waals surface area contributed by atoms with Crippen molar-refractivity contribution in [3.8, 4) is 0 Å². The first-order chi connectivity index (χ1) is 8.58. The topological polar surface area (TPSA) is 79.3 Å². The van der Waals surface area contributed by atoms with Gasteiger partial charge in [-0.3, -0.25) is 4.79 Å². The Hall–Kier alpha value is -1.43. The van der Waals surface area contributed by atoms with Gasteiger partial charge < -0.3 is 10.4 Å². The van der Waals surface area contributed by atoms with E-state index in [4.69, 9.17) is 5.11 Å². The highest BCUT2D eigenvalue weighted by atomic mass is 79.9. The molecule has 0 aromatic carbocycles. The molecule has 1 aliphatic carbocycles. The minimum absolute atomic E-state index is 0.00388. The first kappa shape index (κ1) is 13.0. The average Bonchev–Trinajstić information content (AvgIpc) is 3.14. The van der Waals surface area contributed by atoms with E-state index in [1.54, 1.807) is 18.3 Å². The maximum atomic E-state index is 11.6. The molecule has 1 aliphatic rings. The molecule has 0 unspecified atom stereocenters. The van der Waals surface area contributed by atoms with Crippen molar-refractivity contribution < 1.29 is 14.7 Å². The van der Waals surface area contributed by atoms with Gasteiger partial charge in [0.25, 0.3) is 0 Å². The lowest BCUT2D eigenvalue weighted by atomic mass is 10.1. The highest BCUT2D eigenvalue weighted by molar-refractivity contribution is 9.10. The second kappa shape index (κ2) is 5.48. The van der Waals surface area contributed by atoms with Crippen LogP contribution in [0.25, 0.3) is 0 Å². The molecule has 1 atom stereocenters. The Morgan fingerprint density at radius 1 is 1.56 bits per heavy atom. The van der Waals surface area contributed by atoms with Crippen molar-refractivity contribution in [1.82, 2.24) is 10.3 Å². The molecule has 1 saturated carbocycles. The summed E-state index contributed by atoms with van der Waals surface area (Å²) in [6.07, 6.45) is 3.55. The fourth-order valence-electron chi connectivity index (χ4n) is 1.63. The van der Waals surface area contributed by atoms with E-state index in [0.717, 1.165) is 18.4 Å². The molecule has 18 heavy (non-hydrogen) atoms. The number of hydrogen-bond acceptors (Lipinski definition) is 3. The third-order valence-electron chi connectivity index (χ3n) is 2.82. The van der Waals surface area contributed by atoms with E-state index in [1.165, 1.54) is 0 Å². The van der Waals surface area contributed by atoms with Gasteiger partial charge in [0.05, 0.1) is 0 Å². The molecule has 2 rings (SSSR count). The number of halogens is 1. The fourth-order valence-corrected chi connectivity index (χ4v) is 2.04. The molecule has 5 nitrogen and oxygen atoms in total. The maximum absolute atomic E-state index is 11.6. The van der Waals surface area contributed by atoms with E-state index in [-0.39, 0.29) is 18.2 Å². The minimum Gasteiger partial charge on any atom is -0.480 e. The van der Waals surface area contributed by atoms with E-state index in [9.17, 15) is 9.59 Å². The molecule has 2 N–H and O–H groups in total. The van der Waals surface area contributed by atoms with Gasteiger partial charge in [0.2, 0.25) is 5.91 Å². The second-order valence-corrected chi connectivity index (χ2v) is 5.08. The predicted molar refractivity (Wildman–Crippen MR) is 67.9 cm³/mol. The van der Waals surface area contributed by atoms with Gasteiger partial charge in [-0.2, -0.15) is 0 Å². The van der Waals surface area contributed by atoms with Crippen molar-refractivity contribution >= 4 is 27.8 Å². The van der Waals surface area contributed by atoms with Crippen molar-refractivity contribution in [2.75, 3.05) is 0 Å². The lowest BCUT2D eigenvalue weighted by Gasteiger charge is -2.14. The summed E-state index contributed by atoms with van der Waals surface area (Å²) >= 11 is 3.26. The Labute approximate surface area is 113 Å². The highest BCUT2D eigenvalue weighted by Crippen LogP contribution is 2.29. The molecule has 1 aromatic heterocycles. The van der Waals surface area contributed by atoms with Crippen molar-refractivity contribution in [1.29, 1.82) is 0 Å². The summed E-state index contributed by atoms with van der Waals surface area (Å²) in [6.45, 7) is 0. The quantitative estimate of drug-likeness (QED) is 0.805. The number of rotatable bonds is 5. The summed E-state index contributed by atoms with van der Waals surface area (Å²) in [4.78, 5) is 26.8. The molecule has 0 saturated heterocycles. The first-order valence-electron chi connectivity index (χ1n) is 5.70. The number of nitrogens with one attached hydrogen (secondary N) is 1. The van der Waals surface area contributed by atoms with Crippen LogP contribution in [-0.2, 0) is 16.0 Å². The first-order valence-corrected chi connectivity index (χ1v) is 6.50. The molecule has 1 amide bonds. The molecule has 96 valence electrons. The van der Waals surface area contributed by atoms with Crippen LogP contribution in [0, 0.1) is 5.92 Å². The third-order valence-corrected chi connectivity index (χ3v) is 3.54. The van der Waals surface area contributed by atoms with E-state index < -0.39 is 12.0 Å². The molecule has 0 radical (unpaired) electrons. The Bertz CT molecular complexity index is 474. The number of aromatic nitrogens is 1. The Morgan fingerprint density at radius 3 is 2.83 bits per heavy atom. The van der Waals surface area contributed by atoms with Crippen molar-refractivity contribution in [3.05, 3.63) is 28.5 Å². The van der Waals surface area contributed by atoms with Gasteiger partial charge in [-0.05, 0) is 40.4 Å². The zero-order valence-corrected chi connectivity index (χ0v) is 11.2. The molecule has 0 aliphatic heterocycles. The molecule has 1 heterocycles. The van der Waals surface area contributed by atoms with Crippen LogP contribution in [0.3, 0.4) is 0 Å². The normalized spacial score (nSPS) is 16.1. The van der Waals surface area contributed by atoms with Crippen molar-refractivity contribution in [2.24, 2.45) is 5.92 Å². The zero-order valence-electron chi connectivity index (χ0n) is 9.60. The predicted octanol–water partition coefficient (Wildman–Crippen LogP) is 1.37. The molecular formula is C12H13BrN2O3. The number of carbonyl (C=O) groups is 2. The Balaban J connectivity index is 2.04. The zero-order chi connectivity index (χ0) is 13.1. The fraction of sp³-hybridized carbons (Fsp3) is 0.417. The van der Waals surface area contributed by atoms with Crippen molar-refractivity contribution in [2.45, 2.75) is 25.3 Å². The largest absolute Gasteiger partial charge is 0.480 e. The number of amides is 1. The van der Waals surface area contributed by atoms with E-state index in [2.05, 4.69) is 26.2 Å². The molecule has 0 spiro atoms. The number of aliphatic carboxylic acids is 1. The minimum atomic E-state index is -1.03. The van der Waals surface area contributed by atoms with E-state index >= 15 is 0 Å². The van der Waals surface area contributed by atoms with Gasteiger partial charge in [-0.1, -0.05) is 6.07 Å². The van der Waals surface area contributed by atoms with Crippen LogP contribution >= 0.6 is 15.9 Å². The van der Waals surface area contributed by atoms with Crippen molar-refractivity contribution in [3.63, 3.8) is 0 Å². The second-order valence-electron chi connectivity index (χ2n) is 4.33. The Morgan fingerprint density at radius 2 is 2.28 bits per heavy atom. The lowest BCUT2D eigenvalue weighted by molar-refractivity contribution is -0.142. The Kier molecular flexibility index (Phi) is 3.96. The third kappa shape index (κ3) is 3.29. The smallest absolute Gasteiger partial charge is 0.326 e. The summed E-state index contributed by atoms with van der Waals surface area (Å²) in [5, 5.41) is 11.7. The molecule has 1 fully saturated rings. The molecule has 1 aromatic rings. The summed E-state index contributed by atoms with van der Waals surface area (Å²) in [6, 6.07) is 2.62. The van der Waals surface area contributed by atoms with Crippen LogP contribution in [0.1, 0.15) is 18.4 Å². The number of carboxylic acids is 1. The number of carbonyl (C=O) groups excluding carboxylic acids is 1. The number of nitrogens with zero attached hydrogens (tertiary/aromatic N) is 1. The summed E-state index contributed by atoms with van der Waals surface area (Å²) in [7, 11) is 0. The highest BCUT2D eigenvalue weighted by Gasteiger charge is 2.32. The number of pyridine rings is 1. The van der Waals surface area contributed by atoms with Gasteiger partial charge in [0, 0.05) is 18.5 Å². The average molecular weight is 313 g/mol. The van der Waals surface area contributed by atoms with Crippen LogP contribution in [-0.4, -0.2) is 28.0 Å². The summed E-state index contributed by atoms with van der Waals surface area (Å²) < 4.78 is 0.608. The van der Waals surface area contributed by atoms with Crippen LogP contribution in [0.5, 0.6) is 0 Å². The van der Waals surface area contributed by atoms with Gasteiger partial charge in [-0.15, -0.1) is 0 Å². The SMILES string of the molecule is O=C(N[C@H](Cc1cccnc1Br)C(=O)O)C1CC1. The van der Waals surface area contributed by atoms with Gasteiger partial charge in [0.1, 0.15) is 10.6 Å². The summed E-state index contributed by atoms with van der Waals surface area (Å²) in [5.74, 6) is -1.19. The van der Waals surface area contributed by atoms with Gasteiger partial charge >= 0.3 is 5.97 Å². The van der Waals surface area contributed by atoms with E-state index in [1.807, 2.05) is 0 Å². The monoisotopic (exact) mass is 312 g/mol. The van der Waals surface area contributed by atoms with E-state index in [0.29, 0.717) is 4.60 Å². The van der Waals surface area contributed by atoms with Crippen LogP contribution in [0.4, 0.5) is 0 Å². The van der Waals surface area contributed by atoms with Crippen LogP contribution in [0.2, 0.25) is 0 Å². The molecular weight excluding hydrogens is 300 g/mol. The standard InChI is InChI=1S/C12H13BrN2O3/c13-10-8(2-1-5-14-10)6-9(12(17)18)15-11(16)7-3-4-7/h1-2,5,7,9H,3-4,6H2,(H,15,16)(H,17,18)/t9-/m1/s1. The summed E-state index contributed by atoms with van der Waals surface area (Å²) in [5.41, 5.74) is 0.765. The van der Waals surface area contributed by atoms with Gasteiger partial charge in [0.15, 0.2) is 0 Å². The van der Waals surface area contributed by atoms with Crippen LogP contribution < -0.4 is 5.32 Å². The van der Waals surface area contributed by atoms with Gasteiger partial charge in [-0.25, -0.2) is 9.78 Å². The van der Waals surface area contributed by atoms with Crippen LogP contribution in [0.15, 0.2) is 22.9 Å². The lowest BCUT2D eigenvalue weighted by Crippen LogP contribution is -2.43. The number of carboxylic acid groups (broad SMARTS) is 1. The maximum Gasteiger partial charge on any atom is 0.326 e. The number of hydrogen-bond donors (Lipinski definition) is 2. The molecule has 0 bridgehead atoms.